The predicted molar refractivity (Wildman–Crippen MR) is 55.6 cm³/mol. The van der Waals surface area contributed by atoms with Gasteiger partial charge in [-0.25, -0.2) is 0 Å². The predicted octanol–water partition coefficient (Wildman–Crippen LogP) is -0.408. The van der Waals surface area contributed by atoms with E-state index in [2.05, 4.69) is 0 Å². The molecule has 0 aliphatic rings. The van der Waals surface area contributed by atoms with Gasteiger partial charge in [-0.15, -0.1) is 0 Å². The van der Waals surface area contributed by atoms with E-state index in [1.165, 1.54) is 12.3 Å². The van der Waals surface area contributed by atoms with Gasteiger partial charge < -0.3 is 14.8 Å². The molecule has 92 valence electrons. The molecular formula is C9H10N2O6. The molecule has 0 aromatic carbocycles. The van der Waals surface area contributed by atoms with Crippen LogP contribution in [0.5, 0.6) is 0 Å². The lowest BCUT2D eigenvalue weighted by molar-refractivity contribution is -0.386. The molecule has 1 rings (SSSR count). The van der Waals surface area contributed by atoms with Crippen molar-refractivity contribution in [2.75, 3.05) is 0 Å². The van der Waals surface area contributed by atoms with E-state index in [9.17, 15) is 24.8 Å². The molecule has 17 heavy (non-hydrogen) atoms. The zero-order valence-corrected chi connectivity index (χ0v) is 8.65. The summed E-state index contributed by atoms with van der Waals surface area (Å²) < 4.78 is 0.908. The maximum Gasteiger partial charge on any atom is 0.334 e. The minimum Gasteiger partial charge on any atom is -0.481 e. The van der Waals surface area contributed by atoms with Crippen molar-refractivity contribution in [2.24, 2.45) is 0 Å². The van der Waals surface area contributed by atoms with Crippen molar-refractivity contribution >= 4 is 11.7 Å². The molecule has 0 saturated carbocycles. The largest absolute Gasteiger partial charge is 0.481 e. The summed E-state index contributed by atoms with van der Waals surface area (Å²) in [7, 11) is 0. The first-order valence-corrected chi connectivity index (χ1v) is 4.65. The number of hydrogen-bond acceptors (Lipinski definition) is 5. The van der Waals surface area contributed by atoms with Gasteiger partial charge >= 0.3 is 17.2 Å². The molecule has 0 bridgehead atoms. The Morgan fingerprint density at radius 3 is 2.76 bits per heavy atom. The Morgan fingerprint density at radius 1 is 1.59 bits per heavy atom. The number of pyridine rings is 1. The van der Waals surface area contributed by atoms with E-state index in [1.807, 2.05) is 0 Å². The third-order valence-corrected chi connectivity index (χ3v) is 2.01. The van der Waals surface area contributed by atoms with Gasteiger partial charge in [0.2, 0.25) is 0 Å². The van der Waals surface area contributed by atoms with Crippen molar-refractivity contribution in [3.8, 4) is 0 Å². The third-order valence-electron chi connectivity index (χ3n) is 2.01. The molecule has 0 amide bonds. The Balaban J connectivity index is 2.93. The first kappa shape index (κ1) is 12.8. The number of carboxylic acids is 1. The van der Waals surface area contributed by atoms with E-state index >= 15 is 0 Å². The third kappa shape index (κ3) is 3.38. The number of nitrogens with zero attached hydrogens (tertiary/aromatic N) is 2. The lowest BCUT2D eigenvalue weighted by Crippen LogP contribution is -2.28. The molecule has 1 heterocycles. The second-order valence-electron chi connectivity index (χ2n) is 3.36. The Labute approximate surface area is 94.9 Å². The second-order valence-corrected chi connectivity index (χ2v) is 3.36. The Morgan fingerprint density at radius 2 is 2.24 bits per heavy atom. The van der Waals surface area contributed by atoms with Crippen molar-refractivity contribution in [1.82, 2.24) is 4.57 Å². The molecule has 0 aliphatic heterocycles. The van der Waals surface area contributed by atoms with E-state index in [4.69, 9.17) is 5.11 Å². The van der Waals surface area contributed by atoms with Crippen LogP contribution in [0.2, 0.25) is 0 Å². The van der Waals surface area contributed by atoms with Crippen LogP contribution in [-0.2, 0) is 11.3 Å². The minimum atomic E-state index is -1.27. The molecule has 1 atom stereocenters. The summed E-state index contributed by atoms with van der Waals surface area (Å²) in [6.45, 7) is -0.299. The van der Waals surface area contributed by atoms with Crippen LogP contribution in [0.4, 0.5) is 5.69 Å². The lowest BCUT2D eigenvalue weighted by atomic mass is 10.2. The highest BCUT2D eigenvalue weighted by molar-refractivity contribution is 5.67. The minimum absolute atomic E-state index is 0.299. The van der Waals surface area contributed by atoms with Crippen LogP contribution in [-0.4, -0.2) is 31.8 Å². The zero-order valence-electron chi connectivity index (χ0n) is 8.65. The lowest BCUT2D eigenvalue weighted by Gasteiger charge is -2.09. The summed E-state index contributed by atoms with van der Waals surface area (Å²) in [6.07, 6.45) is -0.553. The fourth-order valence-electron chi connectivity index (χ4n) is 1.30. The monoisotopic (exact) mass is 242 g/mol. The van der Waals surface area contributed by atoms with Gasteiger partial charge in [-0.1, -0.05) is 0 Å². The van der Waals surface area contributed by atoms with E-state index in [0.717, 1.165) is 10.6 Å². The van der Waals surface area contributed by atoms with Gasteiger partial charge in [-0.2, -0.15) is 0 Å². The molecule has 0 aliphatic carbocycles. The highest BCUT2D eigenvalue weighted by Crippen LogP contribution is 2.03. The van der Waals surface area contributed by atoms with Crippen molar-refractivity contribution in [3.63, 3.8) is 0 Å². The number of aliphatic carboxylic acids is 1. The Hall–Kier alpha value is -2.22. The average Bonchev–Trinajstić information content (AvgIpc) is 2.19. The van der Waals surface area contributed by atoms with E-state index in [0.29, 0.717) is 0 Å². The highest BCUT2D eigenvalue weighted by atomic mass is 16.6. The first-order valence-electron chi connectivity index (χ1n) is 4.65. The standard InChI is InChI=1S/C9H10N2O6/c12-6(4-8(13)14)5-10-3-1-2-7(9(10)15)11(16)17/h1-3,6,12H,4-5H2,(H,13,14). The van der Waals surface area contributed by atoms with Crippen LogP contribution >= 0.6 is 0 Å². The van der Waals surface area contributed by atoms with Crippen molar-refractivity contribution in [1.29, 1.82) is 0 Å². The molecule has 0 fully saturated rings. The molecule has 0 radical (unpaired) electrons. The molecule has 1 aromatic heterocycles. The van der Waals surface area contributed by atoms with Gasteiger partial charge in [0.25, 0.3) is 0 Å². The molecule has 1 unspecified atom stereocenters. The summed E-state index contributed by atoms with van der Waals surface area (Å²) in [5, 5.41) is 28.2. The van der Waals surface area contributed by atoms with E-state index < -0.39 is 34.7 Å². The zero-order chi connectivity index (χ0) is 13.0. The number of nitro groups is 1. The van der Waals surface area contributed by atoms with Crippen molar-refractivity contribution in [2.45, 2.75) is 19.1 Å². The fourth-order valence-corrected chi connectivity index (χ4v) is 1.30. The van der Waals surface area contributed by atoms with Crippen LogP contribution in [0.3, 0.4) is 0 Å². The number of aliphatic hydroxyl groups is 1. The number of rotatable bonds is 5. The molecule has 0 saturated heterocycles. The second kappa shape index (κ2) is 5.21. The number of carbonyl (C=O) groups is 1. The fraction of sp³-hybridized carbons (Fsp3) is 0.333. The smallest absolute Gasteiger partial charge is 0.334 e. The first-order chi connectivity index (χ1) is 7.91. The van der Waals surface area contributed by atoms with E-state index in [-0.39, 0.29) is 6.54 Å². The molecule has 0 spiro atoms. The van der Waals surface area contributed by atoms with Crippen LogP contribution < -0.4 is 5.56 Å². The van der Waals surface area contributed by atoms with Gasteiger partial charge in [-0.3, -0.25) is 19.7 Å². The normalized spacial score (nSPS) is 12.1. The van der Waals surface area contributed by atoms with Gasteiger partial charge in [0.1, 0.15) is 0 Å². The maximum atomic E-state index is 11.5. The highest BCUT2D eigenvalue weighted by Gasteiger charge is 2.16. The quantitative estimate of drug-likeness (QED) is 0.534. The van der Waals surface area contributed by atoms with Gasteiger partial charge in [0, 0.05) is 12.3 Å². The van der Waals surface area contributed by atoms with Crippen molar-refractivity contribution in [3.05, 3.63) is 38.8 Å². The Kier molecular flexibility index (Phi) is 3.94. The van der Waals surface area contributed by atoms with Gasteiger partial charge in [0.05, 0.1) is 24.0 Å². The van der Waals surface area contributed by atoms with Crippen LogP contribution in [0.15, 0.2) is 23.1 Å². The van der Waals surface area contributed by atoms with Crippen LogP contribution in [0.25, 0.3) is 0 Å². The van der Waals surface area contributed by atoms with E-state index in [1.54, 1.807) is 0 Å². The van der Waals surface area contributed by atoms with Crippen LogP contribution in [0.1, 0.15) is 6.42 Å². The summed E-state index contributed by atoms with van der Waals surface area (Å²) >= 11 is 0. The number of carboxylic acid groups (broad SMARTS) is 1. The number of hydrogen-bond donors (Lipinski definition) is 2. The molecular weight excluding hydrogens is 232 g/mol. The maximum absolute atomic E-state index is 11.5. The number of aliphatic hydroxyl groups excluding tert-OH is 1. The molecule has 8 heteroatoms. The summed E-state index contributed by atoms with van der Waals surface area (Å²) in [5.41, 5.74) is -1.49. The number of aromatic nitrogens is 1. The summed E-state index contributed by atoms with van der Waals surface area (Å²) in [4.78, 5) is 31.4. The van der Waals surface area contributed by atoms with Crippen molar-refractivity contribution < 1.29 is 19.9 Å². The average molecular weight is 242 g/mol. The summed E-state index contributed by atoms with van der Waals surface area (Å²) in [6, 6.07) is 2.33. The molecule has 2 N–H and O–H groups in total. The SMILES string of the molecule is O=C(O)CC(O)Cn1cccc([N+](=O)[O-])c1=O. The molecule has 1 aromatic rings. The molecule has 8 nitrogen and oxygen atoms in total. The topological polar surface area (TPSA) is 123 Å². The van der Waals surface area contributed by atoms with Crippen LogP contribution in [0, 0.1) is 10.1 Å². The van der Waals surface area contributed by atoms with Gasteiger partial charge in [-0.05, 0) is 6.07 Å². The van der Waals surface area contributed by atoms with Gasteiger partial charge in [0.15, 0.2) is 0 Å². The summed E-state index contributed by atoms with van der Waals surface area (Å²) in [5.74, 6) is -1.21. The Bertz CT molecular complexity index is 495.